The predicted molar refractivity (Wildman–Crippen MR) is 85.0 cm³/mol. The molecule has 6 heteroatoms. The van der Waals surface area contributed by atoms with Gasteiger partial charge in [0.05, 0.1) is 5.56 Å². The van der Waals surface area contributed by atoms with Crippen molar-refractivity contribution < 1.29 is 4.74 Å². The number of hydrogen-bond acceptors (Lipinski definition) is 5. The molecule has 1 aliphatic rings. The van der Waals surface area contributed by atoms with Crippen molar-refractivity contribution in [2.75, 3.05) is 5.43 Å². The van der Waals surface area contributed by atoms with Gasteiger partial charge >= 0.3 is 0 Å². The number of aromatic nitrogens is 2. The van der Waals surface area contributed by atoms with E-state index >= 15 is 0 Å². The van der Waals surface area contributed by atoms with Crippen molar-refractivity contribution in [1.82, 2.24) is 9.97 Å². The van der Waals surface area contributed by atoms with Crippen LogP contribution in [0.3, 0.4) is 0 Å². The molecule has 21 heavy (non-hydrogen) atoms. The molecule has 5 nitrogen and oxygen atoms in total. The number of nitrogens with one attached hydrogen (secondary N) is 1. The molecule has 1 aromatic carbocycles. The highest BCUT2D eigenvalue weighted by Crippen LogP contribution is 2.39. The lowest BCUT2D eigenvalue weighted by molar-refractivity contribution is 0.290. The van der Waals surface area contributed by atoms with Crippen LogP contribution in [0.25, 0.3) is 0 Å². The molecule has 1 aromatic heterocycles. The van der Waals surface area contributed by atoms with Gasteiger partial charge in [0.15, 0.2) is 0 Å². The number of rotatable bonds is 5. The molecule has 0 aliphatic heterocycles. The van der Waals surface area contributed by atoms with Crippen molar-refractivity contribution in [2.45, 2.75) is 32.3 Å². The maximum atomic E-state index is 5.86. The van der Waals surface area contributed by atoms with Crippen LogP contribution in [0.1, 0.15) is 35.7 Å². The van der Waals surface area contributed by atoms with Crippen LogP contribution in [0.4, 0.5) is 5.82 Å². The number of halogens is 1. The topological polar surface area (TPSA) is 73.1 Å². The van der Waals surface area contributed by atoms with E-state index in [4.69, 9.17) is 10.6 Å². The smallest absolute Gasteiger partial charge is 0.222 e. The Bertz CT molecular complexity index is 641. The molecule has 0 bridgehead atoms. The fourth-order valence-corrected chi connectivity index (χ4v) is 2.31. The maximum absolute atomic E-state index is 5.86. The predicted octanol–water partition coefficient (Wildman–Crippen LogP) is 3.29. The van der Waals surface area contributed by atoms with E-state index in [9.17, 15) is 0 Å². The zero-order chi connectivity index (χ0) is 14.8. The molecule has 1 heterocycles. The van der Waals surface area contributed by atoms with Gasteiger partial charge in [-0.1, -0.05) is 28.1 Å². The number of hydrogen-bond donors (Lipinski definition) is 2. The van der Waals surface area contributed by atoms with Crippen LogP contribution < -0.4 is 16.0 Å². The number of hydrazine groups is 1. The summed E-state index contributed by atoms with van der Waals surface area (Å²) in [6.07, 6.45) is 2.28. The lowest BCUT2D eigenvalue weighted by Gasteiger charge is -2.13. The summed E-state index contributed by atoms with van der Waals surface area (Å²) in [5.41, 5.74) is 4.55. The minimum absolute atomic E-state index is 0.452. The average molecular weight is 349 g/mol. The van der Waals surface area contributed by atoms with E-state index in [0.29, 0.717) is 24.2 Å². The van der Waals surface area contributed by atoms with Crippen LogP contribution in [0.2, 0.25) is 0 Å². The van der Waals surface area contributed by atoms with Gasteiger partial charge in [-0.25, -0.2) is 10.8 Å². The Hall–Kier alpha value is -1.66. The number of benzene rings is 1. The molecule has 0 atom stereocenters. The molecule has 0 unspecified atom stereocenters. The van der Waals surface area contributed by atoms with E-state index < -0.39 is 0 Å². The summed E-state index contributed by atoms with van der Waals surface area (Å²) in [6, 6.07) is 8.02. The third-order valence-electron chi connectivity index (χ3n) is 3.49. The second-order valence-corrected chi connectivity index (χ2v) is 6.11. The summed E-state index contributed by atoms with van der Waals surface area (Å²) in [7, 11) is 0. The summed E-state index contributed by atoms with van der Waals surface area (Å²) in [5.74, 6) is 8.04. The molecule has 0 spiro atoms. The highest BCUT2D eigenvalue weighted by Gasteiger charge is 2.28. The lowest BCUT2D eigenvalue weighted by Crippen LogP contribution is -2.13. The van der Waals surface area contributed by atoms with Gasteiger partial charge in [0.25, 0.3) is 0 Å². The average Bonchev–Trinajstić information content (AvgIpc) is 3.32. The minimum Gasteiger partial charge on any atom is -0.472 e. The Morgan fingerprint density at radius 2 is 2.00 bits per heavy atom. The standard InChI is InChI=1S/C15H17BrN4O/c1-9-13(20-17)18-14(11-4-5-11)19-15(9)21-8-10-2-6-12(16)7-3-10/h2-3,6-7,11H,4-5,8,17H2,1H3,(H,18,19,20). The van der Waals surface area contributed by atoms with Crippen molar-refractivity contribution in [1.29, 1.82) is 0 Å². The van der Waals surface area contributed by atoms with Gasteiger partial charge in [0.1, 0.15) is 18.2 Å². The molecule has 110 valence electrons. The molecular formula is C15H17BrN4O. The molecule has 3 N–H and O–H groups in total. The van der Waals surface area contributed by atoms with Crippen molar-refractivity contribution >= 4 is 21.7 Å². The van der Waals surface area contributed by atoms with E-state index in [0.717, 1.165) is 34.3 Å². The third-order valence-corrected chi connectivity index (χ3v) is 4.02. The minimum atomic E-state index is 0.452. The molecule has 0 amide bonds. The Kier molecular flexibility index (Phi) is 4.07. The number of ether oxygens (including phenoxy) is 1. The van der Waals surface area contributed by atoms with E-state index in [2.05, 4.69) is 31.3 Å². The van der Waals surface area contributed by atoms with Gasteiger partial charge in [-0.05, 0) is 37.5 Å². The first kappa shape index (κ1) is 14.3. The molecule has 0 radical (unpaired) electrons. The number of nitrogens with two attached hydrogens (primary N) is 1. The molecular weight excluding hydrogens is 332 g/mol. The van der Waals surface area contributed by atoms with Gasteiger partial charge in [-0.3, -0.25) is 0 Å². The van der Waals surface area contributed by atoms with Crippen LogP contribution in [-0.4, -0.2) is 9.97 Å². The number of nitrogens with zero attached hydrogens (tertiary/aromatic N) is 2. The summed E-state index contributed by atoms with van der Waals surface area (Å²) in [4.78, 5) is 8.98. The molecule has 1 saturated carbocycles. The fourth-order valence-electron chi connectivity index (χ4n) is 2.05. The van der Waals surface area contributed by atoms with Gasteiger partial charge in [0, 0.05) is 10.4 Å². The lowest BCUT2D eigenvalue weighted by atomic mass is 10.2. The summed E-state index contributed by atoms with van der Waals surface area (Å²) >= 11 is 3.42. The van der Waals surface area contributed by atoms with Crippen molar-refractivity contribution in [3.63, 3.8) is 0 Å². The van der Waals surface area contributed by atoms with E-state index in [-0.39, 0.29) is 0 Å². The van der Waals surface area contributed by atoms with Crippen LogP contribution in [0.5, 0.6) is 5.88 Å². The Morgan fingerprint density at radius 3 is 2.62 bits per heavy atom. The zero-order valence-corrected chi connectivity index (χ0v) is 13.4. The molecule has 1 aliphatic carbocycles. The van der Waals surface area contributed by atoms with Gasteiger partial charge in [0.2, 0.25) is 5.88 Å². The summed E-state index contributed by atoms with van der Waals surface area (Å²) in [6.45, 7) is 2.38. The Balaban J connectivity index is 1.80. The number of anilines is 1. The summed E-state index contributed by atoms with van der Waals surface area (Å²) < 4.78 is 6.91. The first-order valence-corrected chi connectivity index (χ1v) is 7.69. The molecule has 3 rings (SSSR count). The first-order valence-electron chi connectivity index (χ1n) is 6.89. The monoisotopic (exact) mass is 348 g/mol. The SMILES string of the molecule is Cc1c(NN)nc(C2CC2)nc1OCc1ccc(Br)cc1. The van der Waals surface area contributed by atoms with Crippen molar-refractivity contribution in [2.24, 2.45) is 5.84 Å². The Morgan fingerprint density at radius 1 is 1.29 bits per heavy atom. The molecule has 0 saturated heterocycles. The normalized spacial score (nSPS) is 14.0. The highest BCUT2D eigenvalue weighted by atomic mass is 79.9. The van der Waals surface area contributed by atoms with Crippen LogP contribution >= 0.6 is 15.9 Å². The third kappa shape index (κ3) is 3.33. The van der Waals surface area contributed by atoms with Gasteiger partial charge in [-0.15, -0.1) is 0 Å². The maximum Gasteiger partial charge on any atom is 0.222 e. The van der Waals surface area contributed by atoms with E-state index in [1.54, 1.807) is 0 Å². The van der Waals surface area contributed by atoms with Crippen LogP contribution in [0.15, 0.2) is 28.7 Å². The molecule has 2 aromatic rings. The molecule has 1 fully saturated rings. The van der Waals surface area contributed by atoms with E-state index in [1.165, 1.54) is 0 Å². The van der Waals surface area contributed by atoms with Crippen LogP contribution in [0, 0.1) is 6.92 Å². The van der Waals surface area contributed by atoms with Crippen molar-refractivity contribution in [3.05, 3.63) is 45.7 Å². The largest absolute Gasteiger partial charge is 0.472 e. The summed E-state index contributed by atoms with van der Waals surface area (Å²) in [5, 5.41) is 0. The highest BCUT2D eigenvalue weighted by molar-refractivity contribution is 9.10. The second-order valence-electron chi connectivity index (χ2n) is 5.19. The van der Waals surface area contributed by atoms with Gasteiger partial charge in [-0.2, -0.15) is 4.98 Å². The second kappa shape index (κ2) is 5.99. The fraction of sp³-hybridized carbons (Fsp3) is 0.333. The van der Waals surface area contributed by atoms with Gasteiger partial charge < -0.3 is 10.2 Å². The van der Waals surface area contributed by atoms with Crippen LogP contribution in [-0.2, 0) is 6.61 Å². The first-order chi connectivity index (χ1) is 10.2. The van der Waals surface area contributed by atoms with Crippen molar-refractivity contribution in [3.8, 4) is 5.88 Å². The van der Waals surface area contributed by atoms with E-state index in [1.807, 2.05) is 31.2 Å². The Labute approximate surface area is 132 Å². The number of nitrogen functional groups attached to an aromatic ring is 1. The quantitative estimate of drug-likeness (QED) is 0.640. The zero-order valence-electron chi connectivity index (χ0n) is 11.8.